The van der Waals surface area contributed by atoms with Crippen LogP contribution in [0.25, 0.3) is 0 Å². The van der Waals surface area contributed by atoms with Gasteiger partial charge in [0.15, 0.2) is 0 Å². The number of carbonyl (C=O) groups is 1. The molecule has 1 amide bonds. The molecule has 0 saturated carbocycles. The van der Waals surface area contributed by atoms with E-state index in [4.69, 9.17) is 9.84 Å². The zero-order valence-electron chi connectivity index (χ0n) is 11.7. The summed E-state index contributed by atoms with van der Waals surface area (Å²) in [4.78, 5) is 16.8. The molecule has 2 aliphatic rings. The number of morpholine rings is 1. The van der Waals surface area contributed by atoms with Crippen molar-refractivity contribution in [2.45, 2.75) is 25.7 Å². The van der Waals surface area contributed by atoms with Crippen LogP contribution in [0.1, 0.15) is 25.7 Å². The Kier molecular flexibility index (Phi) is 6.07. The van der Waals surface area contributed by atoms with E-state index in [1.165, 1.54) is 0 Å². The van der Waals surface area contributed by atoms with Crippen molar-refractivity contribution >= 4 is 5.91 Å². The minimum absolute atomic E-state index is 0.168. The average molecular weight is 270 g/mol. The quantitative estimate of drug-likeness (QED) is 0.732. The van der Waals surface area contributed by atoms with Crippen molar-refractivity contribution in [2.75, 3.05) is 52.5 Å². The Morgan fingerprint density at radius 3 is 2.74 bits per heavy atom. The van der Waals surface area contributed by atoms with Crippen LogP contribution in [0.15, 0.2) is 0 Å². The molecule has 2 fully saturated rings. The number of rotatable bonds is 5. The molecule has 0 bridgehead atoms. The predicted molar refractivity (Wildman–Crippen MR) is 72.9 cm³/mol. The van der Waals surface area contributed by atoms with Crippen LogP contribution >= 0.6 is 0 Å². The maximum absolute atomic E-state index is 12.4. The molecule has 2 saturated heterocycles. The van der Waals surface area contributed by atoms with Gasteiger partial charge in [0.25, 0.3) is 0 Å². The second-order valence-electron chi connectivity index (χ2n) is 5.51. The molecule has 2 rings (SSSR count). The fourth-order valence-corrected chi connectivity index (χ4v) is 2.95. The Morgan fingerprint density at radius 1 is 1.21 bits per heavy atom. The number of aliphatic hydroxyl groups excluding tert-OH is 1. The monoisotopic (exact) mass is 270 g/mol. The second-order valence-corrected chi connectivity index (χ2v) is 5.51. The third-order valence-electron chi connectivity index (χ3n) is 4.06. The van der Waals surface area contributed by atoms with Gasteiger partial charge in [-0.1, -0.05) is 0 Å². The van der Waals surface area contributed by atoms with Crippen LogP contribution in [-0.4, -0.2) is 73.4 Å². The van der Waals surface area contributed by atoms with E-state index in [-0.39, 0.29) is 12.5 Å². The van der Waals surface area contributed by atoms with Gasteiger partial charge in [0, 0.05) is 26.2 Å². The summed E-state index contributed by atoms with van der Waals surface area (Å²) in [7, 11) is 0. The lowest BCUT2D eigenvalue weighted by Gasteiger charge is -2.36. The number of ether oxygens (including phenoxy) is 1. The summed E-state index contributed by atoms with van der Waals surface area (Å²) in [5.74, 6) is 0.483. The molecule has 0 aliphatic carbocycles. The van der Waals surface area contributed by atoms with E-state index in [0.29, 0.717) is 19.1 Å². The largest absolute Gasteiger partial charge is 0.396 e. The van der Waals surface area contributed by atoms with Crippen molar-refractivity contribution in [3.05, 3.63) is 0 Å². The first-order valence-electron chi connectivity index (χ1n) is 7.51. The van der Waals surface area contributed by atoms with Gasteiger partial charge in [0.2, 0.25) is 5.91 Å². The van der Waals surface area contributed by atoms with Crippen molar-refractivity contribution in [1.29, 1.82) is 0 Å². The molecule has 0 aromatic heterocycles. The van der Waals surface area contributed by atoms with E-state index < -0.39 is 0 Å². The number of nitrogens with zero attached hydrogens (tertiary/aromatic N) is 2. The summed E-state index contributed by atoms with van der Waals surface area (Å²) in [5.41, 5.74) is 0. The number of hydrogen-bond acceptors (Lipinski definition) is 4. The number of aliphatic hydroxyl groups is 1. The van der Waals surface area contributed by atoms with Gasteiger partial charge in [-0.25, -0.2) is 0 Å². The van der Waals surface area contributed by atoms with Crippen molar-refractivity contribution in [2.24, 2.45) is 5.92 Å². The molecular formula is C14H26N2O3. The average Bonchev–Trinajstić information content (AvgIpc) is 2.48. The number of hydrogen-bond donors (Lipinski definition) is 1. The van der Waals surface area contributed by atoms with Gasteiger partial charge in [-0.15, -0.1) is 0 Å². The van der Waals surface area contributed by atoms with Crippen LogP contribution < -0.4 is 0 Å². The Balaban J connectivity index is 1.77. The van der Waals surface area contributed by atoms with Gasteiger partial charge < -0.3 is 19.6 Å². The zero-order valence-corrected chi connectivity index (χ0v) is 11.7. The van der Waals surface area contributed by atoms with Crippen LogP contribution in [0, 0.1) is 5.92 Å². The van der Waals surface area contributed by atoms with Crippen LogP contribution in [0.4, 0.5) is 0 Å². The lowest BCUT2D eigenvalue weighted by molar-refractivity contribution is -0.141. The minimum atomic E-state index is 0.168. The molecular weight excluding hydrogens is 244 g/mol. The third kappa shape index (κ3) is 4.44. The van der Waals surface area contributed by atoms with Crippen LogP contribution in [0.5, 0.6) is 0 Å². The number of amides is 1. The molecule has 2 aliphatic heterocycles. The maximum atomic E-state index is 12.4. The first kappa shape index (κ1) is 14.8. The molecule has 19 heavy (non-hydrogen) atoms. The smallest absolute Gasteiger partial charge is 0.227 e. The summed E-state index contributed by atoms with van der Waals surface area (Å²) in [6, 6.07) is 0. The van der Waals surface area contributed by atoms with Crippen molar-refractivity contribution < 1.29 is 14.6 Å². The summed E-state index contributed by atoms with van der Waals surface area (Å²) in [5, 5.41) is 8.81. The highest BCUT2D eigenvalue weighted by Gasteiger charge is 2.29. The van der Waals surface area contributed by atoms with Crippen LogP contribution in [-0.2, 0) is 9.53 Å². The van der Waals surface area contributed by atoms with E-state index in [0.717, 1.165) is 58.4 Å². The number of piperidine rings is 1. The van der Waals surface area contributed by atoms with E-state index in [1.807, 2.05) is 4.90 Å². The number of unbranched alkanes of at least 4 members (excludes halogenated alkanes) is 1. The fraction of sp³-hybridized carbons (Fsp3) is 0.929. The normalized spacial score (nSPS) is 25.5. The lowest BCUT2D eigenvalue weighted by Crippen LogP contribution is -2.48. The Labute approximate surface area is 115 Å². The van der Waals surface area contributed by atoms with E-state index in [2.05, 4.69) is 4.90 Å². The van der Waals surface area contributed by atoms with Gasteiger partial charge >= 0.3 is 0 Å². The zero-order chi connectivity index (χ0) is 13.5. The predicted octanol–water partition coefficient (Wildman–Crippen LogP) is 0.330. The number of likely N-dealkylation sites (tertiary alicyclic amines) is 1. The first-order valence-corrected chi connectivity index (χ1v) is 7.51. The minimum Gasteiger partial charge on any atom is -0.396 e. The fourth-order valence-electron chi connectivity index (χ4n) is 2.95. The van der Waals surface area contributed by atoms with Gasteiger partial charge in [-0.3, -0.25) is 4.79 Å². The van der Waals surface area contributed by atoms with Gasteiger partial charge in [0.05, 0.1) is 19.1 Å². The topological polar surface area (TPSA) is 53.0 Å². The van der Waals surface area contributed by atoms with Gasteiger partial charge in [-0.2, -0.15) is 0 Å². The highest BCUT2D eigenvalue weighted by molar-refractivity contribution is 5.79. The van der Waals surface area contributed by atoms with E-state index in [9.17, 15) is 4.79 Å². The van der Waals surface area contributed by atoms with Crippen molar-refractivity contribution in [3.8, 4) is 0 Å². The maximum Gasteiger partial charge on any atom is 0.227 e. The van der Waals surface area contributed by atoms with Crippen LogP contribution in [0.3, 0.4) is 0 Å². The van der Waals surface area contributed by atoms with Crippen LogP contribution in [0.2, 0.25) is 0 Å². The molecule has 1 N–H and O–H groups in total. The molecule has 5 nitrogen and oxygen atoms in total. The summed E-state index contributed by atoms with van der Waals surface area (Å²) >= 11 is 0. The standard InChI is InChI=1S/C14H26N2O3/c17-9-2-1-5-15-6-3-4-13(12-15)14(18)16-7-10-19-11-8-16/h13,17H,1-12H2. The highest BCUT2D eigenvalue weighted by atomic mass is 16.5. The summed E-state index contributed by atoms with van der Waals surface area (Å²) in [6.07, 6.45) is 4.01. The molecule has 2 heterocycles. The van der Waals surface area contributed by atoms with Crippen molar-refractivity contribution in [1.82, 2.24) is 9.80 Å². The van der Waals surface area contributed by atoms with E-state index >= 15 is 0 Å². The first-order chi connectivity index (χ1) is 9.31. The Bertz CT molecular complexity index is 280. The third-order valence-corrected chi connectivity index (χ3v) is 4.06. The Morgan fingerprint density at radius 2 is 2.00 bits per heavy atom. The van der Waals surface area contributed by atoms with Gasteiger partial charge in [-0.05, 0) is 38.8 Å². The molecule has 0 aromatic carbocycles. The summed E-state index contributed by atoms with van der Waals surface area (Å²) < 4.78 is 5.30. The second kappa shape index (κ2) is 7.82. The van der Waals surface area contributed by atoms with Crippen molar-refractivity contribution in [3.63, 3.8) is 0 Å². The molecule has 5 heteroatoms. The molecule has 0 spiro atoms. The summed E-state index contributed by atoms with van der Waals surface area (Å²) in [6.45, 7) is 6.12. The highest BCUT2D eigenvalue weighted by Crippen LogP contribution is 2.19. The lowest BCUT2D eigenvalue weighted by atomic mass is 9.96. The number of carbonyl (C=O) groups excluding carboxylic acids is 1. The van der Waals surface area contributed by atoms with Gasteiger partial charge in [0.1, 0.15) is 0 Å². The van der Waals surface area contributed by atoms with E-state index in [1.54, 1.807) is 0 Å². The molecule has 0 radical (unpaired) electrons. The SMILES string of the molecule is O=C(C1CCCN(CCCCO)C1)N1CCOCC1. The Hall–Kier alpha value is -0.650. The molecule has 1 unspecified atom stereocenters. The molecule has 1 atom stereocenters. The molecule has 0 aromatic rings. The molecule has 110 valence electrons.